The number of nitrogens with zero attached hydrogens (tertiary/aromatic N) is 1. The molecule has 108 valence electrons. The fourth-order valence-electron chi connectivity index (χ4n) is 1.69. The van der Waals surface area contributed by atoms with Crippen LogP contribution in [0.2, 0.25) is 0 Å². The molecule has 0 spiro atoms. The van der Waals surface area contributed by atoms with Crippen LogP contribution in [0, 0.1) is 6.92 Å². The lowest BCUT2D eigenvalue weighted by Crippen LogP contribution is -2.24. The van der Waals surface area contributed by atoms with Crippen molar-refractivity contribution in [3.8, 4) is 0 Å². The third-order valence-electron chi connectivity index (χ3n) is 2.80. The highest BCUT2D eigenvalue weighted by Crippen LogP contribution is 2.20. The first-order valence-electron chi connectivity index (χ1n) is 6.12. The van der Waals surface area contributed by atoms with E-state index in [2.05, 4.69) is 25.6 Å². The summed E-state index contributed by atoms with van der Waals surface area (Å²) >= 11 is 3.27. The zero-order valence-corrected chi connectivity index (χ0v) is 13.6. The summed E-state index contributed by atoms with van der Waals surface area (Å²) in [5, 5.41) is 0. The Morgan fingerprint density at radius 1 is 1.40 bits per heavy atom. The molecule has 0 unspecified atom stereocenters. The summed E-state index contributed by atoms with van der Waals surface area (Å²) < 4.78 is 33.1. The topological polar surface area (TPSA) is 72.2 Å². The van der Waals surface area contributed by atoms with Crippen molar-refractivity contribution in [3.63, 3.8) is 0 Å². The molecule has 0 saturated carbocycles. The SMILES string of the molecule is CCc1cnc(CNS(=O)(=O)c2cc(Br)ccc2C)o1. The lowest BCUT2D eigenvalue weighted by atomic mass is 10.2. The molecule has 0 amide bonds. The van der Waals surface area contributed by atoms with Crippen molar-refractivity contribution in [3.05, 3.63) is 46.1 Å². The number of halogens is 1. The Labute approximate surface area is 126 Å². The molecule has 0 bridgehead atoms. The van der Waals surface area contributed by atoms with Crippen LogP contribution in [-0.2, 0) is 23.0 Å². The monoisotopic (exact) mass is 358 g/mol. The van der Waals surface area contributed by atoms with Crippen molar-refractivity contribution in [2.45, 2.75) is 31.7 Å². The van der Waals surface area contributed by atoms with Crippen molar-refractivity contribution >= 4 is 26.0 Å². The minimum atomic E-state index is -3.59. The molecule has 0 fully saturated rings. The highest BCUT2D eigenvalue weighted by atomic mass is 79.9. The molecule has 0 radical (unpaired) electrons. The fourth-order valence-corrected chi connectivity index (χ4v) is 3.45. The van der Waals surface area contributed by atoms with E-state index in [0.29, 0.717) is 15.9 Å². The maximum absolute atomic E-state index is 12.3. The van der Waals surface area contributed by atoms with Gasteiger partial charge in [-0.05, 0) is 24.6 Å². The van der Waals surface area contributed by atoms with Crippen LogP contribution in [0.5, 0.6) is 0 Å². The van der Waals surface area contributed by atoms with Gasteiger partial charge in [0.2, 0.25) is 15.9 Å². The number of hydrogen-bond acceptors (Lipinski definition) is 4. The minimum absolute atomic E-state index is 0.0360. The van der Waals surface area contributed by atoms with Crippen LogP contribution in [0.25, 0.3) is 0 Å². The van der Waals surface area contributed by atoms with Crippen LogP contribution in [0.1, 0.15) is 24.1 Å². The normalized spacial score (nSPS) is 11.8. The molecule has 1 heterocycles. The highest BCUT2D eigenvalue weighted by molar-refractivity contribution is 9.10. The summed E-state index contributed by atoms with van der Waals surface area (Å²) in [6.45, 7) is 3.73. The minimum Gasteiger partial charge on any atom is -0.444 e. The van der Waals surface area contributed by atoms with E-state index in [1.54, 1.807) is 31.3 Å². The Balaban J connectivity index is 2.17. The van der Waals surface area contributed by atoms with Gasteiger partial charge in [-0.2, -0.15) is 0 Å². The fraction of sp³-hybridized carbons (Fsp3) is 0.308. The summed E-state index contributed by atoms with van der Waals surface area (Å²) in [6, 6.07) is 5.12. The molecular weight excluding hydrogens is 344 g/mol. The van der Waals surface area contributed by atoms with Gasteiger partial charge in [0.15, 0.2) is 0 Å². The Morgan fingerprint density at radius 3 is 2.80 bits per heavy atom. The first-order chi connectivity index (χ1) is 9.42. The molecule has 1 aromatic heterocycles. The molecule has 0 aliphatic heterocycles. The number of oxazole rings is 1. The van der Waals surface area contributed by atoms with Crippen LogP contribution >= 0.6 is 15.9 Å². The maximum atomic E-state index is 12.3. The van der Waals surface area contributed by atoms with Crippen molar-refractivity contribution in [1.82, 2.24) is 9.71 Å². The third kappa shape index (κ3) is 3.47. The van der Waals surface area contributed by atoms with E-state index in [4.69, 9.17) is 4.42 Å². The van der Waals surface area contributed by atoms with Gasteiger partial charge in [0.05, 0.1) is 17.6 Å². The molecule has 5 nitrogen and oxygen atoms in total. The molecule has 0 atom stereocenters. The van der Waals surface area contributed by atoms with Gasteiger partial charge in [0, 0.05) is 10.9 Å². The van der Waals surface area contributed by atoms with E-state index in [1.807, 2.05) is 6.92 Å². The summed E-state index contributed by atoms with van der Waals surface area (Å²) in [6.07, 6.45) is 2.33. The van der Waals surface area contributed by atoms with E-state index in [0.717, 1.165) is 12.2 Å². The molecule has 0 aliphatic rings. The molecule has 2 rings (SSSR count). The van der Waals surface area contributed by atoms with Gasteiger partial charge in [0.25, 0.3) is 0 Å². The lowest BCUT2D eigenvalue weighted by Gasteiger charge is -2.08. The first-order valence-corrected chi connectivity index (χ1v) is 8.39. The van der Waals surface area contributed by atoms with Crippen LogP contribution in [-0.4, -0.2) is 13.4 Å². The van der Waals surface area contributed by atoms with Gasteiger partial charge >= 0.3 is 0 Å². The van der Waals surface area contributed by atoms with E-state index in [-0.39, 0.29) is 11.4 Å². The molecule has 20 heavy (non-hydrogen) atoms. The largest absolute Gasteiger partial charge is 0.444 e. The van der Waals surface area contributed by atoms with Gasteiger partial charge < -0.3 is 4.42 Å². The Hall–Kier alpha value is -1.18. The van der Waals surface area contributed by atoms with Crippen molar-refractivity contribution in [2.24, 2.45) is 0 Å². The Kier molecular flexibility index (Phi) is 4.62. The van der Waals surface area contributed by atoms with E-state index in [1.165, 1.54) is 0 Å². The molecular formula is C13H15BrN2O3S. The van der Waals surface area contributed by atoms with E-state index in [9.17, 15) is 8.42 Å². The number of sulfonamides is 1. The van der Waals surface area contributed by atoms with Gasteiger partial charge in [0.1, 0.15) is 5.76 Å². The third-order valence-corrected chi connectivity index (χ3v) is 4.84. The van der Waals surface area contributed by atoms with Gasteiger partial charge in [-0.25, -0.2) is 18.1 Å². The molecule has 0 saturated heterocycles. The van der Waals surface area contributed by atoms with Gasteiger partial charge in [-0.15, -0.1) is 0 Å². The Morgan fingerprint density at radius 2 is 2.15 bits per heavy atom. The highest BCUT2D eigenvalue weighted by Gasteiger charge is 2.18. The molecule has 1 aromatic carbocycles. The molecule has 7 heteroatoms. The van der Waals surface area contributed by atoms with Gasteiger partial charge in [-0.1, -0.05) is 28.9 Å². The maximum Gasteiger partial charge on any atom is 0.241 e. The quantitative estimate of drug-likeness (QED) is 0.891. The summed E-state index contributed by atoms with van der Waals surface area (Å²) in [4.78, 5) is 4.27. The number of benzene rings is 1. The zero-order valence-electron chi connectivity index (χ0n) is 11.2. The summed E-state index contributed by atoms with van der Waals surface area (Å²) in [7, 11) is -3.59. The number of rotatable bonds is 5. The smallest absolute Gasteiger partial charge is 0.241 e. The Bertz CT molecular complexity index is 710. The zero-order chi connectivity index (χ0) is 14.8. The summed E-state index contributed by atoms with van der Waals surface area (Å²) in [5.41, 5.74) is 0.683. The predicted octanol–water partition coefficient (Wildman–Crippen LogP) is 2.79. The second-order valence-electron chi connectivity index (χ2n) is 4.31. The number of aromatic nitrogens is 1. The standard InChI is InChI=1S/C13H15BrN2O3S/c1-3-11-7-15-13(19-11)8-16-20(17,18)12-6-10(14)5-4-9(12)2/h4-7,16H,3,8H2,1-2H3. The summed E-state index contributed by atoms with van der Waals surface area (Å²) in [5.74, 6) is 1.09. The predicted molar refractivity (Wildman–Crippen MR) is 78.8 cm³/mol. The average molecular weight is 359 g/mol. The van der Waals surface area contributed by atoms with Crippen LogP contribution in [0.15, 0.2) is 38.2 Å². The van der Waals surface area contributed by atoms with Crippen LogP contribution < -0.4 is 4.72 Å². The van der Waals surface area contributed by atoms with E-state index < -0.39 is 10.0 Å². The average Bonchev–Trinajstić information content (AvgIpc) is 2.87. The van der Waals surface area contributed by atoms with Crippen molar-refractivity contribution < 1.29 is 12.8 Å². The van der Waals surface area contributed by atoms with Crippen molar-refractivity contribution in [1.29, 1.82) is 0 Å². The number of nitrogens with one attached hydrogen (secondary N) is 1. The van der Waals surface area contributed by atoms with Crippen LogP contribution in [0.4, 0.5) is 0 Å². The molecule has 1 N–H and O–H groups in total. The molecule has 0 aliphatic carbocycles. The molecule has 2 aromatic rings. The van der Waals surface area contributed by atoms with E-state index >= 15 is 0 Å². The second-order valence-corrected chi connectivity index (χ2v) is 6.96. The number of aryl methyl sites for hydroxylation is 2. The second kappa shape index (κ2) is 6.07. The van der Waals surface area contributed by atoms with Crippen molar-refractivity contribution in [2.75, 3.05) is 0 Å². The number of hydrogen-bond donors (Lipinski definition) is 1. The lowest BCUT2D eigenvalue weighted by molar-refractivity contribution is 0.452. The first kappa shape index (κ1) is 15.2. The van der Waals surface area contributed by atoms with Crippen LogP contribution in [0.3, 0.4) is 0 Å². The van der Waals surface area contributed by atoms with Gasteiger partial charge in [-0.3, -0.25) is 0 Å².